The van der Waals surface area contributed by atoms with Gasteiger partial charge < -0.3 is 13.7 Å². The van der Waals surface area contributed by atoms with E-state index in [-0.39, 0.29) is 5.57 Å². The average Bonchev–Trinajstić information content (AvgIpc) is 2.44. The molecule has 0 unspecified atom stereocenters. The molecule has 5 nitrogen and oxygen atoms in total. The Bertz CT molecular complexity index is 720. The number of halogens is 3. The van der Waals surface area contributed by atoms with Gasteiger partial charge in [-0.05, 0) is 36.3 Å². The number of allylic oxidation sites excluding steroid dienone is 3. The number of methoxy groups -OCH3 is 2. The SMILES string of the molecule is C=C(/C=C(\C)OS(=O)(=O)C(F)(F)F)c1ccc(OC)c(OC)c1. The van der Waals surface area contributed by atoms with E-state index in [9.17, 15) is 21.6 Å². The lowest BCUT2D eigenvalue weighted by atomic mass is 10.1. The van der Waals surface area contributed by atoms with Crippen LogP contribution in [0.3, 0.4) is 0 Å². The maximum absolute atomic E-state index is 12.2. The molecule has 23 heavy (non-hydrogen) atoms. The fraction of sp³-hybridized carbons (Fsp3) is 0.286. The average molecular weight is 352 g/mol. The minimum absolute atomic E-state index is 0.237. The normalized spacial score (nSPS) is 12.7. The van der Waals surface area contributed by atoms with Crippen molar-refractivity contribution in [2.45, 2.75) is 12.4 Å². The van der Waals surface area contributed by atoms with Crippen LogP contribution in [0.15, 0.2) is 36.6 Å². The first-order chi connectivity index (χ1) is 10.5. The summed E-state index contributed by atoms with van der Waals surface area (Å²) >= 11 is 0. The van der Waals surface area contributed by atoms with Crippen LogP contribution in [0.5, 0.6) is 11.5 Å². The van der Waals surface area contributed by atoms with E-state index in [1.807, 2.05) is 0 Å². The first-order valence-electron chi connectivity index (χ1n) is 6.12. The Balaban J connectivity index is 3.03. The molecule has 0 amide bonds. The van der Waals surface area contributed by atoms with Gasteiger partial charge >= 0.3 is 15.6 Å². The number of alkyl halides is 3. The molecule has 0 aliphatic carbocycles. The van der Waals surface area contributed by atoms with Gasteiger partial charge in [-0.3, -0.25) is 0 Å². The maximum Gasteiger partial charge on any atom is 0.534 e. The predicted octanol–water partition coefficient (Wildman–Crippen LogP) is 3.49. The van der Waals surface area contributed by atoms with E-state index in [0.29, 0.717) is 17.1 Å². The van der Waals surface area contributed by atoms with Gasteiger partial charge in [0.15, 0.2) is 11.5 Å². The lowest BCUT2D eigenvalue weighted by molar-refractivity contribution is -0.0521. The number of ether oxygens (including phenoxy) is 2. The summed E-state index contributed by atoms with van der Waals surface area (Å²) in [7, 11) is -2.83. The van der Waals surface area contributed by atoms with Crippen molar-refractivity contribution in [3.63, 3.8) is 0 Å². The van der Waals surface area contributed by atoms with Crippen LogP contribution in [0.4, 0.5) is 13.2 Å². The van der Waals surface area contributed by atoms with E-state index < -0.39 is 21.4 Å². The largest absolute Gasteiger partial charge is 0.534 e. The van der Waals surface area contributed by atoms with Crippen LogP contribution in [0.1, 0.15) is 12.5 Å². The van der Waals surface area contributed by atoms with Gasteiger partial charge in [0.1, 0.15) is 5.76 Å². The summed E-state index contributed by atoms with van der Waals surface area (Å²) in [5.41, 5.74) is -4.76. The topological polar surface area (TPSA) is 61.8 Å². The van der Waals surface area contributed by atoms with E-state index in [1.165, 1.54) is 14.2 Å². The highest BCUT2D eigenvalue weighted by Gasteiger charge is 2.48. The molecule has 1 aromatic rings. The first kappa shape index (κ1) is 18.9. The van der Waals surface area contributed by atoms with E-state index in [4.69, 9.17) is 9.47 Å². The smallest absolute Gasteiger partial charge is 0.493 e. The van der Waals surface area contributed by atoms with Crippen molar-refractivity contribution in [3.05, 3.63) is 42.2 Å². The molecule has 0 heterocycles. The molecule has 0 aliphatic heterocycles. The first-order valence-corrected chi connectivity index (χ1v) is 7.53. The molecule has 0 spiro atoms. The molecular formula is C14H15F3O5S. The van der Waals surface area contributed by atoms with Crippen LogP contribution in [-0.4, -0.2) is 28.1 Å². The summed E-state index contributed by atoms with van der Waals surface area (Å²) in [6.45, 7) is 4.74. The molecule has 128 valence electrons. The highest BCUT2D eigenvalue weighted by atomic mass is 32.2. The van der Waals surface area contributed by atoms with Crippen molar-refractivity contribution >= 4 is 15.7 Å². The standard InChI is InChI=1S/C14H15F3O5S/c1-9(7-10(2)22-23(18,19)14(15,16)17)11-5-6-12(20-3)13(8-11)21-4/h5-8H,1H2,2-4H3/b10-7+. The Kier molecular flexibility index (Phi) is 5.70. The molecule has 0 aliphatic rings. The monoisotopic (exact) mass is 352 g/mol. The number of hydrogen-bond acceptors (Lipinski definition) is 5. The minimum atomic E-state index is -5.70. The molecule has 0 fully saturated rings. The highest BCUT2D eigenvalue weighted by molar-refractivity contribution is 7.87. The molecule has 0 N–H and O–H groups in total. The number of hydrogen-bond donors (Lipinski definition) is 0. The van der Waals surface area contributed by atoms with Crippen LogP contribution in [0, 0.1) is 0 Å². The van der Waals surface area contributed by atoms with Gasteiger partial charge in [0.05, 0.1) is 14.2 Å². The molecule has 0 atom stereocenters. The summed E-state index contributed by atoms with van der Waals surface area (Å²) < 4.78 is 72.7. The molecule has 0 radical (unpaired) electrons. The highest BCUT2D eigenvalue weighted by Crippen LogP contribution is 2.31. The number of benzene rings is 1. The zero-order valence-electron chi connectivity index (χ0n) is 12.6. The lowest BCUT2D eigenvalue weighted by Crippen LogP contribution is -2.24. The van der Waals surface area contributed by atoms with E-state index in [2.05, 4.69) is 10.8 Å². The Morgan fingerprint density at radius 2 is 1.74 bits per heavy atom. The molecule has 0 saturated heterocycles. The predicted molar refractivity (Wildman–Crippen MR) is 78.4 cm³/mol. The van der Waals surface area contributed by atoms with Crippen molar-refractivity contribution in [1.29, 1.82) is 0 Å². The van der Waals surface area contributed by atoms with E-state index in [1.54, 1.807) is 18.2 Å². The third-order valence-corrected chi connectivity index (χ3v) is 3.71. The second kappa shape index (κ2) is 6.95. The Morgan fingerprint density at radius 3 is 2.22 bits per heavy atom. The van der Waals surface area contributed by atoms with Crippen molar-refractivity contribution < 1.29 is 35.2 Å². The Hall–Kier alpha value is -2.16. The van der Waals surface area contributed by atoms with Gasteiger partial charge in [0.2, 0.25) is 0 Å². The number of rotatable bonds is 6. The molecule has 0 saturated carbocycles. The van der Waals surface area contributed by atoms with Crippen LogP contribution < -0.4 is 9.47 Å². The van der Waals surface area contributed by atoms with E-state index >= 15 is 0 Å². The van der Waals surface area contributed by atoms with Crippen LogP contribution in [0.2, 0.25) is 0 Å². The Morgan fingerprint density at radius 1 is 1.17 bits per heavy atom. The zero-order valence-corrected chi connectivity index (χ0v) is 13.4. The van der Waals surface area contributed by atoms with Gasteiger partial charge in [-0.25, -0.2) is 0 Å². The maximum atomic E-state index is 12.2. The quantitative estimate of drug-likeness (QED) is 0.339. The summed E-state index contributed by atoms with van der Waals surface area (Å²) in [5, 5.41) is 0. The van der Waals surface area contributed by atoms with E-state index in [0.717, 1.165) is 13.0 Å². The summed E-state index contributed by atoms with van der Waals surface area (Å²) in [5.74, 6) is 0.379. The molecule has 1 aromatic carbocycles. The van der Waals surface area contributed by atoms with Crippen molar-refractivity contribution in [3.8, 4) is 11.5 Å². The van der Waals surface area contributed by atoms with Crippen LogP contribution in [-0.2, 0) is 14.3 Å². The molecule has 1 rings (SSSR count). The molecular weight excluding hydrogens is 337 g/mol. The van der Waals surface area contributed by atoms with Crippen molar-refractivity contribution in [2.24, 2.45) is 0 Å². The summed E-state index contributed by atoms with van der Waals surface area (Å²) in [6, 6.07) is 4.71. The van der Waals surface area contributed by atoms with Crippen LogP contribution >= 0.6 is 0 Å². The van der Waals surface area contributed by atoms with Gasteiger partial charge in [0.25, 0.3) is 0 Å². The van der Waals surface area contributed by atoms with Crippen LogP contribution in [0.25, 0.3) is 5.57 Å². The summed E-state index contributed by atoms with van der Waals surface area (Å²) in [6.07, 6.45) is 1.07. The fourth-order valence-electron chi connectivity index (χ4n) is 1.61. The third kappa shape index (κ3) is 4.65. The minimum Gasteiger partial charge on any atom is -0.493 e. The van der Waals surface area contributed by atoms with Gasteiger partial charge in [0, 0.05) is 0 Å². The van der Waals surface area contributed by atoms with Gasteiger partial charge in [-0.1, -0.05) is 12.6 Å². The lowest BCUT2D eigenvalue weighted by Gasteiger charge is -2.11. The zero-order chi connectivity index (χ0) is 17.8. The summed E-state index contributed by atoms with van der Waals surface area (Å²) in [4.78, 5) is 0. The fourth-order valence-corrected chi connectivity index (χ4v) is 2.10. The molecule has 0 bridgehead atoms. The van der Waals surface area contributed by atoms with Gasteiger partial charge in [-0.2, -0.15) is 21.6 Å². The second-order valence-electron chi connectivity index (χ2n) is 4.33. The third-order valence-electron chi connectivity index (χ3n) is 2.66. The van der Waals surface area contributed by atoms with Crippen molar-refractivity contribution in [2.75, 3.05) is 14.2 Å². The second-order valence-corrected chi connectivity index (χ2v) is 5.87. The molecule has 0 aromatic heterocycles. The molecule has 9 heteroatoms. The van der Waals surface area contributed by atoms with Gasteiger partial charge in [-0.15, -0.1) is 0 Å². The Labute approximate surface area is 132 Å². The van der Waals surface area contributed by atoms with Crippen molar-refractivity contribution in [1.82, 2.24) is 0 Å².